The van der Waals surface area contributed by atoms with Crippen molar-refractivity contribution in [2.75, 3.05) is 0 Å². The summed E-state index contributed by atoms with van der Waals surface area (Å²) in [5, 5.41) is 2.75. The number of alkyl halides is 3. The van der Waals surface area contributed by atoms with Crippen LogP contribution in [0.5, 0.6) is 0 Å². The van der Waals surface area contributed by atoms with E-state index in [-0.39, 0.29) is 23.1 Å². The number of rotatable bonds is 3. The van der Waals surface area contributed by atoms with Crippen LogP contribution in [0.4, 0.5) is 13.2 Å². The topological polar surface area (TPSA) is 74.8 Å². The number of aryl methyl sites for hydroxylation is 1. The number of aromatic nitrogens is 2. The largest absolute Gasteiger partial charge is 0.416 e. The maximum Gasteiger partial charge on any atom is 0.416 e. The normalized spacial score (nSPS) is 20.0. The van der Waals surface area contributed by atoms with Crippen LogP contribution in [-0.2, 0) is 6.18 Å². The van der Waals surface area contributed by atoms with Crippen molar-refractivity contribution in [2.45, 2.75) is 37.9 Å². The van der Waals surface area contributed by atoms with E-state index in [9.17, 15) is 22.8 Å². The molecule has 5 nitrogen and oxygen atoms in total. The third-order valence-electron chi connectivity index (χ3n) is 4.40. The van der Waals surface area contributed by atoms with Gasteiger partial charge in [0.1, 0.15) is 0 Å². The first-order valence-electron chi connectivity index (χ1n) is 7.77. The second-order valence-electron chi connectivity index (χ2n) is 6.20. The molecule has 0 aliphatic heterocycles. The van der Waals surface area contributed by atoms with E-state index in [1.165, 1.54) is 18.5 Å². The number of carbonyl (C=O) groups is 1. The molecule has 0 unspecified atom stereocenters. The van der Waals surface area contributed by atoms with Gasteiger partial charge in [0.05, 0.1) is 17.6 Å². The van der Waals surface area contributed by atoms with Crippen molar-refractivity contribution in [1.82, 2.24) is 15.3 Å². The number of hydrogen-bond acceptors (Lipinski definition) is 3. The highest BCUT2D eigenvalue weighted by molar-refractivity contribution is 5.96. The number of amides is 1. The number of carbonyl (C=O) groups excluding carboxylic acids is 1. The lowest BCUT2D eigenvalue weighted by molar-refractivity contribution is -0.137. The monoisotopic (exact) mass is 351 g/mol. The summed E-state index contributed by atoms with van der Waals surface area (Å²) in [5.41, 5.74) is 0.0780. The Labute approximate surface area is 141 Å². The zero-order valence-electron chi connectivity index (χ0n) is 13.4. The molecule has 1 aromatic carbocycles. The molecule has 1 aromatic heterocycles. The van der Waals surface area contributed by atoms with Crippen LogP contribution in [0.25, 0.3) is 0 Å². The van der Waals surface area contributed by atoms with Gasteiger partial charge in [0.25, 0.3) is 11.5 Å². The fourth-order valence-corrected chi connectivity index (χ4v) is 2.89. The Kier molecular flexibility index (Phi) is 4.36. The number of nitrogens with one attached hydrogen (secondary N) is 2. The Hall–Kier alpha value is -2.64. The van der Waals surface area contributed by atoms with E-state index in [2.05, 4.69) is 15.3 Å². The number of nitrogens with zero attached hydrogens (tertiary/aromatic N) is 1. The van der Waals surface area contributed by atoms with Crippen LogP contribution in [0.3, 0.4) is 0 Å². The molecule has 1 saturated carbocycles. The van der Waals surface area contributed by atoms with Crippen LogP contribution in [-0.4, -0.2) is 21.9 Å². The highest BCUT2D eigenvalue weighted by Gasteiger charge is 2.34. The fraction of sp³-hybridized carbons (Fsp3) is 0.353. The molecule has 1 aliphatic rings. The van der Waals surface area contributed by atoms with Gasteiger partial charge in [0, 0.05) is 23.6 Å². The first-order chi connectivity index (χ1) is 11.7. The average Bonchev–Trinajstić information content (AvgIpc) is 2.49. The molecule has 0 spiro atoms. The van der Waals surface area contributed by atoms with E-state index < -0.39 is 17.6 Å². The van der Waals surface area contributed by atoms with Crippen LogP contribution < -0.4 is 10.9 Å². The highest BCUT2D eigenvalue weighted by atomic mass is 19.4. The lowest BCUT2D eigenvalue weighted by Crippen LogP contribution is -2.44. The average molecular weight is 351 g/mol. The van der Waals surface area contributed by atoms with Gasteiger partial charge in [-0.2, -0.15) is 13.2 Å². The molecule has 8 heteroatoms. The third kappa shape index (κ3) is 3.72. The highest BCUT2D eigenvalue weighted by Crippen LogP contribution is 2.35. The zero-order chi connectivity index (χ0) is 18.2. The summed E-state index contributed by atoms with van der Waals surface area (Å²) in [7, 11) is 0. The first-order valence-corrected chi connectivity index (χ1v) is 7.77. The maximum absolute atomic E-state index is 12.8. The molecule has 2 aromatic rings. The molecule has 1 heterocycles. The van der Waals surface area contributed by atoms with Crippen LogP contribution in [0.15, 0.2) is 35.4 Å². The Morgan fingerprint density at radius 3 is 2.64 bits per heavy atom. The van der Waals surface area contributed by atoms with Crippen molar-refractivity contribution in [1.29, 1.82) is 0 Å². The van der Waals surface area contributed by atoms with Gasteiger partial charge in [-0.05, 0) is 37.5 Å². The summed E-state index contributed by atoms with van der Waals surface area (Å²) in [6.07, 6.45) is -1.97. The maximum atomic E-state index is 12.8. The van der Waals surface area contributed by atoms with Gasteiger partial charge >= 0.3 is 6.18 Å². The van der Waals surface area contributed by atoms with Crippen molar-refractivity contribution >= 4 is 5.91 Å². The lowest BCUT2D eigenvalue weighted by atomic mass is 9.78. The molecule has 25 heavy (non-hydrogen) atoms. The van der Waals surface area contributed by atoms with Crippen LogP contribution >= 0.6 is 0 Å². The SMILES string of the molecule is Cc1ccc(C(F)(F)F)cc1C(=O)NC1CC(c2cc(=O)[nH]cn2)C1. The van der Waals surface area contributed by atoms with E-state index >= 15 is 0 Å². The number of aromatic amines is 1. The number of hydrogen-bond donors (Lipinski definition) is 2. The van der Waals surface area contributed by atoms with Crippen LogP contribution in [0, 0.1) is 6.92 Å². The first kappa shape index (κ1) is 17.2. The quantitative estimate of drug-likeness (QED) is 0.893. The van der Waals surface area contributed by atoms with Crippen molar-refractivity contribution in [3.63, 3.8) is 0 Å². The number of benzene rings is 1. The van der Waals surface area contributed by atoms with E-state index in [1.807, 2.05) is 0 Å². The van der Waals surface area contributed by atoms with E-state index in [4.69, 9.17) is 0 Å². The van der Waals surface area contributed by atoms with Gasteiger partial charge in [-0.25, -0.2) is 4.98 Å². The fourth-order valence-electron chi connectivity index (χ4n) is 2.89. The molecule has 0 atom stereocenters. The summed E-state index contributed by atoms with van der Waals surface area (Å²) in [6, 6.07) is 4.40. The second kappa shape index (κ2) is 6.34. The summed E-state index contributed by atoms with van der Waals surface area (Å²) in [6.45, 7) is 1.60. The minimum absolute atomic E-state index is 0.0209. The molecule has 132 valence electrons. The summed E-state index contributed by atoms with van der Waals surface area (Å²) < 4.78 is 38.4. The Balaban J connectivity index is 1.65. The van der Waals surface area contributed by atoms with Gasteiger partial charge < -0.3 is 10.3 Å². The molecule has 3 rings (SSSR count). The van der Waals surface area contributed by atoms with Crippen molar-refractivity contribution < 1.29 is 18.0 Å². The Bertz CT molecular complexity index is 855. The minimum Gasteiger partial charge on any atom is -0.349 e. The van der Waals surface area contributed by atoms with Gasteiger partial charge in [0.15, 0.2) is 0 Å². The predicted octanol–water partition coefficient (Wildman–Crippen LogP) is 2.77. The van der Waals surface area contributed by atoms with Gasteiger partial charge in [-0.1, -0.05) is 6.07 Å². The molecule has 0 saturated heterocycles. The minimum atomic E-state index is -4.49. The molecule has 0 radical (unpaired) electrons. The zero-order valence-corrected chi connectivity index (χ0v) is 13.4. The Morgan fingerprint density at radius 1 is 1.28 bits per heavy atom. The molecule has 1 amide bonds. The van der Waals surface area contributed by atoms with Crippen molar-refractivity contribution in [2.24, 2.45) is 0 Å². The number of H-pyrrole nitrogens is 1. The summed E-state index contributed by atoms with van der Waals surface area (Å²) in [5.74, 6) is -0.457. The summed E-state index contributed by atoms with van der Waals surface area (Å²) >= 11 is 0. The third-order valence-corrected chi connectivity index (χ3v) is 4.40. The molecular weight excluding hydrogens is 335 g/mol. The molecule has 1 fully saturated rings. The smallest absolute Gasteiger partial charge is 0.349 e. The van der Waals surface area contributed by atoms with Crippen molar-refractivity contribution in [3.8, 4) is 0 Å². The second-order valence-corrected chi connectivity index (χ2v) is 6.20. The molecule has 2 N–H and O–H groups in total. The van der Waals surface area contributed by atoms with Crippen molar-refractivity contribution in [3.05, 3.63) is 63.3 Å². The molecular formula is C17H16F3N3O2. The van der Waals surface area contributed by atoms with Gasteiger partial charge in [-0.15, -0.1) is 0 Å². The van der Waals surface area contributed by atoms with Gasteiger partial charge in [0.2, 0.25) is 0 Å². The van der Waals surface area contributed by atoms with Gasteiger partial charge in [-0.3, -0.25) is 9.59 Å². The Morgan fingerprint density at radius 2 is 2.00 bits per heavy atom. The van der Waals surface area contributed by atoms with Crippen LogP contribution in [0.2, 0.25) is 0 Å². The van der Waals surface area contributed by atoms with E-state index in [0.29, 0.717) is 24.1 Å². The van der Waals surface area contributed by atoms with E-state index in [1.54, 1.807) is 6.92 Å². The molecule has 0 bridgehead atoms. The molecule has 1 aliphatic carbocycles. The van der Waals surface area contributed by atoms with E-state index in [0.717, 1.165) is 12.1 Å². The summed E-state index contributed by atoms with van der Waals surface area (Å²) in [4.78, 5) is 30.1. The van der Waals surface area contributed by atoms with Crippen LogP contribution in [0.1, 0.15) is 45.9 Å². The standard InChI is InChI=1S/C17H16F3N3O2/c1-9-2-3-11(17(18,19)20)6-13(9)16(25)23-12-4-10(5-12)14-7-15(24)22-8-21-14/h2-3,6-8,10,12H,4-5H2,1H3,(H,23,25)(H,21,22,24). The number of halogens is 3. The lowest BCUT2D eigenvalue weighted by Gasteiger charge is -2.35. The predicted molar refractivity (Wildman–Crippen MR) is 84.3 cm³/mol.